The van der Waals surface area contributed by atoms with Crippen LogP contribution in [0.5, 0.6) is 0 Å². The van der Waals surface area contributed by atoms with Gasteiger partial charge in [-0.1, -0.05) is 41.5 Å². The highest BCUT2D eigenvalue weighted by Gasteiger charge is 2.65. The van der Waals surface area contributed by atoms with Gasteiger partial charge in [0.05, 0.1) is 72.6 Å². The number of hydrogen-bond acceptors (Lipinski definition) is 10. The molecular weight excluding hydrogens is 656 g/mol. The fourth-order valence-electron chi connectivity index (χ4n) is 11.3. The minimum atomic E-state index is -1.55. The minimum Gasteiger partial charge on any atom is -0.481 e. The van der Waals surface area contributed by atoms with E-state index in [0.717, 1.165) is 51.4 Å². The van der Waals surface area contributed by atoms with Crippen LogP contribution < -0.4 is 0 Å². The van der Waals surface area contributed by atoms with E-state index in [1.54, 1.807) is 14.0 Å². The molecule has 6 aliphatic heterocycles. The Labute approximate surface area is 305 Å². The van der Waals surface area contributed by atoms with Gasteiger partial charge in [-0.05, 0) is 83.5 Å². The van der Waals surface area contributed by atoms with Crippen molar-refractivity contribution in [3.8, 4) is 0 Å². The van der Waals surface area contributed by atoms with Gasteiger partial charge < -0.3 is 48.5 Å². The predicted octanol–water partition coefficient (Wildman–Crippen LogP) is 5.71. The van der Waals surface area contributed by atoms with Crippen molar-refractivity contribution in [1.82, 2.24) is 0 Å². The summed E-state index contributed by atoms with van der Waals surface area (Å²) in [5.41, 5.74) is -1.10. The van der Waals surface area contributed by atoms with E-state index in [9.17, 15) is 20.1 Å². The summed E-state index contributed by atoms with van der Waals surface area (Å²) in [6.45, 7) is 18.4. The summed E-state index contributed by atoms with van der Waals surface area (Å²) in [6.07, 6.45) is 5.85. The third-order valence-electron chi connectivity index (χ3n) is 14.4. The molecule has 3 N–H and O–H groups in total. The normalized spacial score (nSPS) is 54.2. The number of hydrogen-bond donors (Lipinski definition) is 3. The monoisotopic (exact) mass is 724 g/mol. The number of aliphatic hydroxyl groups excluding tert-OH is 1. The van der Waals surface area contributed by atoms with Crippen molar-refractivity contribution in [1.29, 1.82) is 0 Å². The maximum absolute atomic E-state index is 11.8. The van der Waals surface area contributed by atoms with E-state index in [4.69, 9.17) is 33.2 Å². The van der Waals surface area contributed by atoms with Gasteiger partial charge in [-0.3, -0.25) is 4.79 Å². The minimum absolute atomic E-state index is 0.00727. The molecule has 0 aromatic rings. The van der Waals surface area contributed by atoms with E-state index in [0.29, 0.717) is 6.42 Å². The van der Waals surface area contributed by atoms with Crippen molar-refractivity contribution >= 4 is 5.97 Å². The van der Waals surface area contributed by atoms with Crippen molar-refractivity contribution in [2.45, 2.75) is 192 Å². The van der Waals surface area contributed by atoms with Gasteiger partial charge in [-0.2, -0.15) is 0 Å². The molecule has 19 atom stereocenters. The van der Waals surface area contributed by atoms with E-state index in [1.165, 1.54) is 0 Å². The lowest BCUT2D eigenvalue weighted by molar-refractivity contribution is -0.353. The molecule has 294 valence electrons. The van der Waals surface area contributed by atoms with Gasteiger partial charge in [0, 0.05) is 37.7 Å². The van der Waals surface area contributed by atoms with Crippen molar-refractivity contribution in [2.24, 2.45) is 41.4 Å². The van der Waals surface area contributed by atoms with Gasteiger partial charge in [0.25, 0.3) is 0 Å². The Morgan fingerprint density at radius 2 is 1.59 bits per heavy atom. The Balaban J connectivity index is 1.13. The number of carbonyl (C=O) groups is 1. The SMILES string of the molecule is CO[C@H]1C[C@@H](C[C@@H]2CC[C@@H](C)[C@@H]([C@H](C)C(=O)O)O2)O[C@]2(O[C@@](C)([C@H]3CC[C@@](C)([C@@H]4O[C@@H]([C@H]5O[C@](O)(CO)[C@@H](C)C[C@@H]5C)C[C@@H]4C)O3)C[C@@H]2C)[C@H]1C. The zero-order valence-corrected chi connectivity index (χ0v) is 32.8. The van der Waals surface area contributed by atoms with Gasteiger partial charge in [0.15, 0.2) is 11.6 Å². The van der Waals surface area contributed by atoms with Gasteiger partial charge in [0.1, 0.15) is 0 Å². The van der Waals surface area contributed by atoms with E-state index in [-0.39, 0.29) is 84.3 Å². The first-order chi connectivity index (χ1) is 23.9. The van der Waals surface area contributed by atoms with Crippen LogP contribution in [0.3, 0.4) is 0 Å². The van der Waals surface area contributed by atoms with Crippen LogP contribution in [-0.4, -0.2) is 107 Å². The lowest BCUT2D eigenvalue weighted by Crippen LogP contribution is -2.58. The molecule has 11 nitrogen and oxygen atoms in total. The van der Waals surface area contributed by atoms with Crippen LogP contribution in [0.25, 0.3) is 0 Å². The highest BCUT2D eigenvalue weighted by Crippen LogP contribution is 2.57. The molecule has 0 aliphatic carbocycles. The second-order valence-corrected chi connectivity index (χ2v) is 18.4. The van der Waals surface area contributed by atoms with Crippen LogP contribution in [-0.2, 0) is 38.0 Å². The van der Waals surface area contributed by atoms with Crippen LogP contribution >= 0.6 is 0 Å². The molecule has 6 saturated heterocycles. The summed E-state index contributed by atoms with van der Waals surface area (Å²) in [6, 6.07) is 0. The topological polar surface area (TPSA) is 142 Å². The number of aliphatic carboxylic acids is 1. The second kappa shape index (κ2) is 14.6. The summed E-state index contributed by atoms with van der Waals surface area (Å²) in [5.74, 6) is -3.26. The molecule has 6 aliphatic rings. The maximum Gasteiger partial charge on any atom is 0.308 e. The Hall–Kier alpha value is -0.890. The van der Waals surface area contributed by atoms with Gasteiger partial charge in [-0.25, -0.2) is 0 Å². The van der Waals surface area contributed by atoms with E-state index in [1.807, 2.05) is 6.92 Å². The molecule has 0 aromatic heterocycles. The van der Waals surface area contributed by atoms with Gasteiger partial charge >= 0.3 is 5.97 Å². The Morgan fingerprint density at radius 3 is 2.25 bits per heavy atom. The highest BCUT2D eigenvalue weighted by molar-refractivity contribution is 5.70. The average molecular weight is 725 g/mol. The van der Waals surface area contributed by atoms with Gasteiger partial charge in [0.2, 0.25) is 0 Å². The second-order valence-electron chi connectivity index (χ2n) is 18.4. The zero-order chi connectivity index (χ0) is 37.3. The highest BCUT2D eigenvalue weighted by atomic mass is 16.7. The number of carboxylic acids is 1. The molecule has 0 saturated carbocycles. The third-order valence-corrected chi connectivity index (χ3v) is 14.4. The number of aliphatic hydroxyl groups is 2. The Morgan fingerprint density at radius 1 is 0.863 bits per heavy atom. The molecule has 0 radical (unpaired) electrons. The van der Waals surface area contributed by atoms with Crippen molar-refractivity contribution in [3.05, 3.63) is 0 Å². The Kier molecular flexibility index (Phi) is 11.4. The third kappa shape index (κ3) is 7.19. The van der Waals surface area contributed by atoms with Crippen LogP contribution in [0, 0.1) is 41.4 Å². The van der Waals surface area contributed by atoms with Crippen molar-refractivity contribution < 1.29 is 53.3 Å². The lowest BCUT2D eigenvalue weighted by atomic mass is 9.78. The summed E-state index contributed by atoms with van der Waals surface area (Å²) < 4.78 is 47.0. The molecule has 0 unspecified atom stereocenters. The Bertz CT molecular complexity index is 1230. The van der Waals surface area contributed by atoms with Crippen LogP contribution in [0.4, 0.5) is 0 Å². The van der Waals surface area contributed by atoms with Crippen molar-refractivity contribution in [3.63, 3.8) is 0 Å². The van der Waals surface area contributed by atoms with Crippen LogP contribution in [0.15, 0.2) is 0 Å². The first kappa shape index (κ1) is 39.8. The summed E-state index contributed by atoms with van der Waals surface area (Å²) in [5, 5.41) is 30.7. The molecule has 0 aromatic carbocycles. The number of rotatable bonds is 9. The summed E-state index contributed by atoms with van der Waals surface area (Å²) in [7, 11) is 1.77. The average Bonchev–Trinajstić information content (AvgIpc) is 3.75. The van der Waals surface area contributed by atoms with Crippen LogP contribution in [0.2, 0.25) is 0 Å². The summed E-state index contributed by atoms with van der Waals surface area (Å²) >= 11 is 0. The first-order valence-electron chi connectivity index (χ1n) is 20.0. The lowest BCUT2D eigenvalue weighted by Gasteiger charge is -2.50. The quantitative estimate of drug-likeness (QED) is 0.269. The molecule has 0 amide bonds. The first-order valence-corrected chi connectivity index (χ1v) is 20.0. The molecule has 6 rings (SSSR count). The van der Waals surface area contributed by atoms with Crippen LogP contribution in [0.1, 0.15) is 120 Å². The molecule has 51 heavy (non-hydrogen) atoms. The molecule has 0 bridgehead atoms. The molecule has 6 fully saturated rings. The summed E-state index contributed by atoms with van der Waals surface area (Å²) in [4.78, 5) is 11.8. The fourth-order valence-corrected chi connectivity index (χ4v) is 11.3. The molecule has 6 heterocycles. The molecule has 1 spiro atoms. The number of ether oxygens (including phenoxy) is 7. The van der Waals surface area contributed by atoms with Crippen molar-refractivity contribution in [2.75, 3.05) is 13.7 Å². The van der Waals surface area contributed by atoms with E-state index >= 15 is 0 Å². The zero-order valence-electron chi connectivity index (χ0n) is 32.8. The number of carboxylic acid groups (broad SMARTS) is 1. The smallest absolute Gasteiger partial charge is 0.308 e. The van der Waals surface area contributed by atoms with E-state index < -0.39 is 41.3 Å². The largest absolute Gasteiger partial charge is 0.481 e. The predicted molar refractivity (Wildman–Crippen MR) is 189 cm³/mol. The number of methoxy groups -OCH3 is 1. The maximum atomic E-state index is 11.8. The van der Waals surface area contributed by atoms with E-state index in [2.05, 4.69) is 48.5 Å². The van der Waals surface area contributed by atoms with Gasteiger partial charge in [-0.15, -0.1) is 0 Å². The standard InChI is InChI=1S/C40H68O11/c1-21-11-12-28(46-33(21)26(6)36(42)43)17-29-18-30(45-10)27(7)40(48-29)25(5)19-38(9,51-40)32-13-14-37(8,49-32)35-23(3)16-31(47-35)34-22(2)15-24(4)39(44,20-41)50-34/h21-35,41,44H,11-20H2,1-10H3,(H,42,43)/t21-,22+,23+,24+,25+,26+,27+,28+,29-,30+,31-,32-,33+,34+,35-,37+,38-,39-,40-/m1/s1. The fraction of sp³-hybridized carbons (Fsp3) is 0.975. The molecule has 11 heteroatoms. The molecular formula is C40H68O11.